The van der Waals surface area contributed by atoms with Gasteiger partial charge in [-0.1, -0.05) is 12.1 Å². The molecule has 1 heterocycles. The molecule has 1 atom stereocenters. The van der Waals surface area contributed by atoms with E-state index in [1.807, 2.05) is 6.92 Å². The van der Waals surface area contributed by atoms with E-state index >= 15 is 0 Å². The van der Waals surface area contributed by atoms with Gasteiger partial charge in [0.25, 0.3) is 0 Å². The van der Waals surface area contributed by atoms with E-state index in [4.69, 9.17) is 0 Å². The number of alkyl halides is 3. The Balaban J connectivity index is 2.14. The number of anilines is 1. The Kier molecular flexibility index (Phi) is 4.06. The minimum Gasteiger partial charge on any atom is -0.377 e. The van der Waals surface area contributed by atoms with E-state index in [-0.39, 0.29) is 11.6 Å². The van der Waals surface area contributed by atoms with Crippen LogP contribution in [0.5, 0.6) is 0 Å². The van der Waals surface area contributed by atoms with Crippen LogP contribution >= 0.6 is 0 Å². The number of aryl methyl sites for hydroxylation is 1. The summed E-state index contributed by atoms with van der Waals surface area (Å²) in [7, 11) is 1.64. The first-order valence-electron chi connectivity index (χ1n) is 6.38. The summed E-state index contributed by atoms with van der Waals surface area (Å²) in [5, 5.41) is 3.14. The molecule has 0 saturated carbocycles. The molecule has 6 heteroatoms. The molecule has 0 spiro atoms. The van der Waals surface area contributed by atoms with Crippen LogP contribution in [0.25, 0.3) is 0 Å². The third kappa shape index (κ3) is 3.65. The normalized spacial score (nSPS) is 13.0. The fourth-order valence-corrected chi connectivity index (χ4v) is 1.97. The molecule has 0 aliphatic carbocycles. The van der Waals surface area contributed by atoms with Crippen LogP contribution < -0.4 is 10.9 Å². The summed E-state index contributed by atoms with van der Waals surface area (Å²) in [6, 6.07) is 7.92. The highest BCUT2D eigenvalue weighted by molar-refractivity contribution is 5.43. The Morgan fingerprint density at radius 2 is 1.71 bits per heavy atom. The molecule has 1 N–H and O–H groups in total. The van der Waals surface area contributed by atoms with Crippen molar-refractivity contribution in [3.63, 3.8) is 0 Å². The van der Waals surface area contributed by atoms with Crippen molar-refractivity contribution < 1.29 is 13.2 Å². The van der Waals surface area contributed by atoms with Crippen LogP contribution in [-0.2, 0) is 13.2 Å². The number of hydrogen-bond donors (Lipinski definition) is 1. The van der Waals surface area contributed by atoms with Crippen LogP contribution in [-0.4, -0.2) is 4.57 Å². The smallest absolute Gasteiger partial charge is 0.377 e. The molecule has 0 saturated heterocycles. The quantitative estimate of drug-likeness (QED) is 0.939. The predicted octanol–water partition coefficient (Wildman–Crippen LogP) is 3.58. The van der Waals surface area contributed by atoms with Crippen LogP contribution in [0.4, 0.5) is 18.9 Å². The monoisotopic (exact) mass is 296 g/mol. The Morgan fingerprint density at radius 1 is 1.10 bits per heavy atom. The second kappa shape index (κ2) is 5.63. The van der Waals surface area contributed by atoms with E-state index in [0.29, 0.717) is 0 Å². The Hall–Kier alpha value is -2.24. The first-order chi connectivity index (χ1) is 9.77. The van der Waals surface area contributed by atoms with Gasteiger partial charge in [-0.15, -0.1) is 0 Å². The minimum atomic E-state index is -4.33. The number of hydrogen-bond acceptors (Lipinski definition) is 2. The van der Waals surface area contributed by atoms with Crippen LogP contribution in [0.1, 0.15) is 24.1 Å². The van der Waals surface area contributed by atoms with Gasteiger partial charge in [0.05, 0.1) is 11.3 Å². The Labute approximate surface area is 120 Å². The zero-order valence-corrected chi connectivity index (χ0v) is 11.6. The van der Waals surface area contributed by atoms with Crippen molar-refractivity contribution in [1.29, 1.82) is 0 Å². The zero-order valence-electron chi connectivity index (χ0n) is 11.6. The van der Waals surface area contributed by atoms with Gasteiger partial charge < -0.3 is 9.88 Å². The molecule has 0 radical (unpaired) electrons. The van der Waals surface area contributed by atoms with Gasteiger partial charge in [0.1, 0.15) is 0 Å². The van der Waals surface area contributed by atoms with E-state index in [0.717, 1.165) is 23.4 Å². The van der Waals surface area contributed by atoms with Gasteiger partial charge in [-0.3, -0.25) is 4.79 Å². The molecule has 0 aliphatic rings. The van der Waals surface area contributed by atoms with Crippen molar-refractivity contribution >= 4 is 5.69 Å². The van der Waals surface area contributed by atoms with Gasteiger partial charge in [0.2, 0.25) is 5.56 Å². The highest BCUT2D eigenvalue weighted by Gasteiger charge is 2.30. The average Bonchev–Trinajstić information content (AvgIpc) is 2.42. The minimum absolute atomic E-state index is 0.122. The number of rotatable bonds is 3. The number of pyridine rings is 1. The van der Waals surface area contributed by atoms with Crippen LogP contribution in [0.3, 0.4) is 0 Å². The van der Waals surface area contributed by atoms with E-state index in [2.05, 4.69) is 5.32 Å². The van der Waals surface area contributed by atoms with E-state index in [1.165, 1.54) is 22.8 Å². The van der Waals surface area contributed by atoms with Crippen LogP contribution in [0, 0.1) is 0 Å². The molecule has 2 aromatic rings. The number of nitrogens with one attached hydrogen (secondary N) is 1. The summed E-state index contributed by atoms with van der Waals surface area (Å²) in [6.07, 6.45) is -2.68. The lowest BCUT2D eigenvalue weighted by atomic mass is 10.1. The molecule has 21 heavy (non-hydrogen) atoms. The Bertz CT molecular complexity index is 675. The van der Waals surface area contributed by atoms with Gasteiger partial charge in [-0.2, -0.15) is 13.2 Å². The van der Waals surface area contributed by atoms with Gasteiger partial charge >= 0.3 is 6.18 Å². The summed E-state index contributed by atoms with van der Waals surface area (Å²) in [6.45, 7) is 1.84. The second-order valence-corrected chi connectivity index (χ2v) is 4.85. The molecule has 112 valence electrons. The Morgan fingerprint density at radius 3 is 2.24 bits per heavy atom. The first-order valence-corrected chi connectivity index (χ1v) is 6.38. The van der Waals surface area contributed by atoms with Crippen LogP contribution in [0.15, 0.2) is 47.4 Å². The number of benzene rings is 1. The molecular formula is C15H15F3N2O. The van der Waals surface area contributed by atoms with E-state index in [1.54, 1.807) is 19.3 Å². The third-order valence-electron chi connectivity index (χ3n) is 3.21. The van der Waals surface area contributed by atoms with Crippen molar-refractivity contribution in [2.45, 2.75) is 19.1 Å². The predicted molar refractivity (Wildman–Crippen MR) is 75.2 cm³/mol. The maximum atomic E-state index is 12.5. The summed E-state index contributed by atoms with van der Waals surface area (Å²) in [5.74, 6) is 0. The molecule has 3 nitrogen and oxygen atoms in total. The summed E-state index contributed by atoms with van der Waals surface area (Å²) >= 11 is 0. The molecule has 0 fully saturated rings. The SMILES string of the molecule is CC(Nc1ccc(=O)n(C)c1)c1ccc(C(F)(F)F)cc1. The van der Waals surface area contributed by atoms with Crippen molar-refractivity contribution in [2.75, 3.05) is 5.32 Å². The number of halogens is 3. The molecule has 0 bridgehead atoms. The molecule has 2 rings (SSSR count). The second-order valence-electron chi connectivity index (χ2n) is 4.85. The lowest BCUT2D eigenvalue weighted by molar-refractivity contribution is -0.137. The maximum Gasteiger partial charge on any atom is 0.416 e. The lowest BCUT2D eigenvalue weighted by Crippen LogP contribution is -2.16. The maximum absolute atomic E-state index is 12.5. The average molecular weight is 296 g/mol. The summed E-state index contributed by atoms with van der Waals surface area (Å²) < 4.78 is 38.9. The van der Waals surface area contributed by atoms with Crippen LogP contribution in [0.2, 0.25) is 0 Å². The topological polar surface area (TPSA) is 34.0 Å². The summed E-state index contributed by atoms with van der Waals surface area (Å²) in [4.78, 5) is 11.3. The van der Waals surface area contributed by atoms with Gasteiger partial charge in [0.15, 0.2) is 0 Å². The molecule has 0 amide bonds. The summed E-state index contributed by atoms with van der Waals surface area (Å²) in [5.41, 5.74) is 0.671. The van der Waals surface area contributed by atoms with Crippen molar-refractivity contribution in [3.8, 4) is 0 Å². The largest absolute Gasteiger partial charge is 0.416 e. The van der Waals surface area contributed by atoms with Gasteiger partial charge in [0, 0.05) is 25.4 Å². The van der Waals surface area contributed by atoms with Gasteiger partial charge in [-0.25, -0.2) is 0 Å². The number of nitrogens with zero attached hydrogens (tertiary/aromatic N) is 1. The lowest BCUT2D eigenvalue weighted by Gasteiger charge is -2.17. The highest BCUT2D eigenvalue weighted by Crippen LogP contribution is 2.30. The number of aromatic nitrogens is 1. The fourth-order valence-electron chi connectivity index (χ4n) is 1.97. The molecule has 0 aliphatic heterocycles. The van der Waals surface area contributed by atoms with E-state index in [9.17, 15) is 18.0 Å². The van der Waals surface area contributed by atoms with Crippen molar-refractivity contribution in [1.82, 2.24) is 4.57 Å². The fraction of sp³-hybridized carbons (Fsp3) is 0.267. The molecular weight excluding hydrogens is 281 g/mol. The molecule has 1 aromatic heterocycles. The highest BCUT2D eigenvalue weighted by atomic mass is 19.4. The zero-order chi connectivity index (χ0) is 15.6. The molecule has 1 unspecified atom stereocenters. The molecule has 1 aromatic carbocycles. The third-order valence-corrected chi connectivity index (χ3v) is 3.21. The van der Waals surface area contributed by atoms with Gasteiger partial charge in [-0.05, 0) is 30.7 Å². The standard InChI is InChI=1S/C15H15F3N2O/c1-10(19-13-7-8-14(21)20(2)9-13)11-3-5-12(6-4-11)15(16,17)18/h3-10,19H,1-2H3. The van der Waals surface area contributed by atoms with Crippen molar-refractivity contribution in [2.24, 2.45) is 7.05 Å². The first kappa shape index (κ1) is 15.2. The van der Waals surface area contributed by atoms with Crippen molar-refractivity contribution in [3.05, 3.63) is 64.1 Å². The van der Waals surface area contributed by atoms with E-state index < -0.39 is 11.7 Å².